The number of amides is 1. The summed E-state index contributed by atoms with van der Waals surface area (Å²) in [5, 5.41) is 9.40. The van der Waals surface area contributed by atoms with Crippen molar-refractivity contribution in [3.63, 3.8) is 0 Å². The second-order valence-corrected chi connectivity index (χ2v) is 12.7. The van der Waals surface area contributed by atoms with Gasteiger partial charge in [0.25, 0.3) is 0 Å². The topological polar surface area (TPSA) is 73.6 Å². The average Bonchev–Trinajstić information content (AvgIpc) is 3.65. The third-order valence-corrected chi connectivity index (χ3v) is 8.53. The predicted molar refractivity (Wildman–Crippen MR) is 148 cm³/mol. The quantitative estimate of drug-likeness (QED) is 0.498. The minimum absolute atomic E-state index is 0.112. The highest BCUT2D eigenvalue weighted by atomic mass is 16.6. The van der Waals surface area contributed by atoms with Crippen molar-refractivity contribution in [1.29, 1.82) is 5.26 Å². The van der Waals surface area contributed by atoms with Gasteiger partial charge in [-0.3, -0.25) is 4.79 Å². The number of hydrogen-bond donors (Lipinski definition) is 0. The molecule has 0 spiro atoms. The lowest BCUT2D eigenvalue weighted by Crippen LogP contribution is -2.50. The number of fused-ring (bicyclic) bond motifs is 3. The van der Waals surface area contributed by atoms with Crippen molar-refractivity contribution in [2.75, 3.05) is 31.1 Å². The molecule has 1 amide bonds. The fourth-order valence-electron chi connectivity index (χ4n) is 6.35. The van der Waals surface area contributed by atoms with Gasteiger partial charge < -0.3 is 14.5 Å². The third kappa shape index (κ3) is 4.00. The lowest BCUT2D eigenvalue weighted by atomic mass is 9.68. The van der Waals surface area contributed by atoms with E-state index in [1.807, 2.05) is 39.0 Å². The van der Waals surface area contributed by atoms with Crippen molar-refractivity contribution < 1.29 is 14.3 Å². The van der Waals surface area contributed by atoms with E-state index in [1.165, 1.54) is 11.3 Å². The molecule has 6 rings (SSSR count). The number of allylic oxidation sites excluding steroid dienone is 2. The molecule has 0 radical (unpaired) electrons. The highest BCUT2D eigenvalue weighted by Gasteiger charge is 2.44. The molecule has 2 aromatic carbocycles. The molecule has 2 aromatic rings. The molecule has 0 bridgehead atoms. The zero-order chi connectivity index (χ0) is 27.0. The van der Waals surface area contributed by atoms with Crippen LogP contribution in [0.25, 0.3) is 5.57 Å². The van der Waals surface area contributed by atoms with E-state index in [4.69, 9.17) is 4.74 Å². The molecule has 3 aliphatic carbocycles. The molecule has 0 atom stereocenters. The molecule has 38 heavy (non-hydrogen) atoms. The van der Waals surface area contributed by atoms with E-state index in [9.17, 15) is 14.9 Å². The van der Waals surface area contributed by atoms with Gasteiger partial charge in [-0.2, -0.15) is 5.26 Å². The average molecular weight is 510 g/mol. The van der Waals surface area contributed by atoms with E-state index < -0.39 is 5.60 Å². The number of hydrogen-bond acceptors (Lipinski definition) is 5. The van der Waals surface area contributed by atoms with Crippen LogP contribution in [0.2, 0.25) is 0 Å². The SMILES string of the molecule is CC(C)(C)OC(=O)N1CCN(c2cc3c(cc2C2CC2)C(=O)C2=C(Cc4cc(C#N)ccc42)C3(C)C)CC1. The number of ketones is 1. The molecule has 0 N–H and O–H groups in total. The van der Waals surface area contributed by atoms with Crippen LogP contribution in [0.5, 0.6) is 0 Å². The Hall–Kier alpha value is -3.59. The van der Waals surface area contributed by atoms with Gasteiger partial charge in [0, 0.05) is 48.4 Å². The molecule has 1 saturated heterocycles. The maximum absolute atomic E-state index is 14.0. The van der Waals surface area contributed by atoms with Crippen molar-refractivity contribution in [1.82, 2.24) is 4.90 Å². The highest BCUT2D eigenvalue weighted by Crippen LogP contribution is 2.53. The summed E-state index contributed by atoms with van der Waals surface area (Å²) >= 11 is 0. The van der Waals surface area contributed by atoms with Crippen molar-refractivity contribution in [2.45, 2.75) is 70.8 Å². The Morgan fingerprint density at radius 3 is 2.39 bits per heavy atom. The molecule has 6 heteroatoms. The fraction of sp³-hybridized carbons (Fsp3) is 0.469. The third-order valence-electron chi connectivity index (χ3n) is 8.53. The first-order valence-electron chi connectivity index (χ1n) is 13.7. The van der Waals surface area contributed by atoms with Crippen LogP contribution in [0.3, 0.4) is 0 Å². The summed E-state index contributed by atoms with van der Waals surface area (Å²) in [6.45, 7) is 12.8. The Morgan fingerprint density at radius 1 is 1.05 bits per heavy atom. The second kappa shape index (κ2) is 8.46. The van der Waals surface area contributed by atoms with Crippen LogP contribution in [-0.2, 0) is 16.6 Å². The smallest absolute Gasteiger partial charge is 0.410 e. The van der Waals surface area contributed by atoms with Gasteiger partial charge in [0.05, 0.1) is 11.6 Å². The maximum Gasteiger partial charge on any atom is 0.410 e. The molecule has 0 unspecified atom stereocenters. The Bertz CT molecular complexity index is 1440. The van der Waals surface area contributed by atoms with Crippen LogP contribution >= 0.6 is 0 Å². The van der Waals surface area contributed by atoms with Crippen molar-refractivity contribution >= 4 is 23.1 Å². The van der Waals surface area contributed by atoms with Gasteiger partial charge in [-0.25, -0.2) is 4.79 Å². The van der Waals surface area contributed by atoms with Crippen LogP contribution in [-0.4, -0.2) is 48.6 Å². The lowest BCUT2D eigenvalue weighted by molar-refractivity contribution is 0.0240. The Balaban J connectivity index is 1.34. The minimum atomic E-state index is -0.506. The fourth-order valence-corrected chi connectivity index (χ4v) is 6.35. The highest BCUT2D eigenvalue weighted by molar-refractivity contribution is 6.33. The van der Waals surface area contributed by atoms with E-state index >= 15 is 0 Å². The lowest BCUT2D eigenvalue weighted by Gasteiger charge is -2.40. The largest absolute Gasteiger partial charge is 0.444 e. The predicted octanol–water partition coefficient (Wildman–Crippen LogP) is 5.98. The Morgan fingerprint density at radius 2 is 1.76 bits per heavy atom. The minimum Gasteiger partial charge on any atom is -0.444 e. The molecule has 0 aromatic heterocycles. The Labute approximate surface area is 224 Å². The van der Waals surface area contributed by atoms with Crippen LogP contribution < -0.4 is 4.90 Å². The summed E-state index contributed by atoms with van der Waals surface area (Å²) in [5.41, 5.74) is 8.25. The standard InChI is InChI=1S/C32H35N3O3/c1-31(2,3)38-30(37)35-12-10-34(11-13-35)27-17-25-24(16-23(27)20-7-8-20)29(36)28-22-9-6-19(18-33)14-21(22)15-26(28)32(25,4)5/h6,9,14,16-17,20H,7-8,10-13,15H2,1-5H3. The summed E-state index contributed by atoms with van der Waals surface area (Å²) in [4.78, 5) is 30.8. The van der Waals surface area contributed by atoms with E-state index in [0.29, 0.717) is 31.0 Å². The zero-order valence-electron chi connectivity index (χ0n) is 23.0. The number of anilines is 1. The van der Waals surface area contributed by atoms with Gasteiger partial charge >= 0.3 is 6.09 Å². The molecule has 1 heterocycles. The first-order chi connectivity index (χ1) is 18.0. The van der Waals surface area contributed by atoms with Gasteiger partial charge in [-0.15, -0.1) is 0 Å². The van der Waals surface area contributed by atoms with Crippen molar-refractivity contribution in [3.8, 4) is 6.07 Å². The number of piperazine rings is 1. The van der Waals surface area contributed by atoms with Crippen molar-refractivity contribution in [2.24, 2.45) is 0 Å². The van der Waals surface area contributed by atoms with Gasteiger partial charge in [0.15, 0.2) is 5.78 Å². The molecule has 196 valence electrons. The van der Waals surface area contributed by atoms with E-state index in [-0.39, 0.29) is 17.3 Å². The molecular weight excluding hydrogens is 474 g/mol. The Kier molecular flexibility index (Phi) is 5.51. The van der Waals surface area contributed by atoms with Crippen LogP contribution in [0.1, 0.15) is 91.6 Å². The van der Waals surface area contributed by atoms with Gasteiger partial charge in [-0.05, 0) is 98.0 Å². The maximum atomic E-state index is 14.0. The number of nitrogens with zero attached hydrogens (tertiary/aromatic N) is 3. The number of Topliss-reactive ketones (excluding diaryl/α,β-unsaturated/α-hetero) is 1. The molecule has 1 saturated carbocycles. The number of rotatable bonds is 2. The van der Waals surface area contributed by atoms with Gasteiger partial charge in [0.1, 0.15) is 5.60 Å². The van der Waals surface area contributed by atoms with Crippen LogP contribution in [0.4, 0.5) is 10.5 Å². The van der Waals surface area contributed by atoms with Gasteiger partial charge in [0.2, 0.25) is 0 Å². The first kappa shape index (κ1) is 24.7. The summed E-state index contributed by atoms with van der Waals surface area (Å²) in [5.74, 6) is 0.598. The number of benzene rings is 2. The molecule has 1 aliphatic heterocycles. The number of nitriles is 1. The zero-order valence-corrected chi connectivity index (χ0v) is 23.0. The molecular formula is C32H35N3O3. The summed E-state index contributed by atoms with van der Waals surface area (Å²) in [6, 6.07) is 12.4. The molecule has 6 nitrogen and oxygen atoms in total. The summed E-state index contributed by atoms with van der Waals surface area (Å²) in [7, 11) is 0. The summed E-state index contributed by atoms with van der Waals surface area (Å²) < 4.78 is 5.59. The van der Waals surface area contributed by atoms with E-state index in [0.717, 1.165) is 59.3 Å². The monoisotopic (exact) mass is 509 g/mol. The van der Waals surface area contributed by atoms with Crippen molar-refractivity contribution in [3.05, 3.63) is 69.3 Å². The van der Waals surface area contributed by atoms with Gasteiger partial charge in [-0.1, -0.05) is 19.9 Å². The first-order valence-corrected chi connectivity index (χ1v) is 13.7. The summed E-state index contributed by atoms with van der Waals surface area (Å²) in [6.07, 6.45) is 2.74. The number of ether oxygens (including phenoxy) is 1. The normalized spacial score (nSPS) is 20.1. The van der Waals surface area contributed by atoms with E-state index in [2.05, 4.69) is 36.9 Å². The van der Waals surface area contributed by atoms with Crippen LogP contribution in [0.15, 0.2) is 35.9 Å². The molecule has 2 fully saturated rings. The number of carbonyl (C=O) groups excluding carboxylic acids is 2. The van der Waals surface area contributed by atoms with Crippen LogP contribution in [0, 0.1) is 11.3 Å². The molecule has 4 aliphatic rings. The van der Waals surface area contributed by atoms with E-state index in [1.54, 1.807) is 4.90 Å². The number of carbonyl (C=O) groups is 2. The second-order valence-electron chi connectivity index (χ2n) is 12.7.